The number of nitrogens with one attached hydrogen (secondary N) is 2. The van der Waals surface area contributed by atoms with Crippen LogP contribution in [0.25, 0.3) is 11.2 Å². The van der Waals surface area contributed by atoms with Gasteiger partial charge in [-0.05, 0) is 32.1 Å². The Labute approximate surface area is 135 Å². The van der Waals surface area contributed by atoms with Crippen molar-refractivity contribution in [3.8, 4) is 0 Å². The van der Waals surface area contributed by atoms with E-state index in [4.69, 9.17) is 5.11 Å². The number of nitrogens with zero attached hydrogens (tertiary/aromatic N) is 4. The monoisotopic (exact) mass is 314 g/mol. The molecule has 7 heteroatoms. The minimum atomic E-state index is 0.0304. The van der Waals surface area contributed by atoms with Gasteiger partial charge in [0.05, 0.1) is 6.61 Å². The summed E-state index contributed by atoms with van der Waals surface area (Å²) in [4.78, 5) is 17.4. The van der Waals surface area contributed by atoms with Crippen molar-refractivity contribution < 1.29 is 5.11 Å². The van der Waals surface area contributed by atoms with Gasteiger partial charge in [0.1, 0.15) is 0 Å². The van der Waals surface area contributed by atoms with Gasteiger partial charge >= 0.3 is 0 Å². The van der Waals surface area contributed by atoms with Crippen LogP contribution in [0, 0.1) is 0 Å². The largest absolute Gasteiger partial charge is 0.395 e. The van der Waals surface area contributed by atoms with E-state index in [1.165, 1.54) is 31.3 Å². The molecule has 1 aliphatic carbocycles. The summed E-state index contributed by atoms with van der Waals surface area (Å²) in [6.07, 6.45) is 11.6. The van der Waals surface area contributed by atoms with Gasteiger partial charge in [0.15, 0.2) is 17.0 Å². The molecular weight excluding hydrogens is 292 g/mol. The summed E-state index contributed by atoms with van der Waals surface area (Å²) in [7, 11) is 0. The zero-order valence-corrected chi connectivity index (χ0v) is 13.1. The summed E-state index contributed by atoms with van der Waals surface area (Å²) in [6, 6.07) is 0. The third kappa shape index (κ3) is 4.13. The van der Waals surface area contributed by atoms with Crippen LogP contribution in [-0.2, 0) is 0 Å². The molecule has 2 heterocycles. The maximum atomic E-state index is 8.99. The van der Waals surface area contributed by atoms with Crippen LogP contribution in [0.1, 0.15) is 32.1 Å². The summed E-state index contributed by atoms with van der Waals surface area (Å²) in [5, 5.41) is 15.3. The first-order valence-corrected chi connectivity index (χ1v) is 8.12. The van der Waals surface area contributed by atoms with Crippen LogP contribution in [0.2, 0.25) is 0 Å². The predicted octanol–water partition coefficient (Wildman–Crippen LogP) is 2.13. The molecule has 0 amide bonds. The summed E-state index contributed by atoms with van der Waals surface area (Å²) in [5.41, 5.74) is 2.67. The highest BCUT2D eigenvalue weighted by atomic mass is 16.3. The minimum Gasteiger partial charge on any atom is -0.395 e. The van der Waals surface area contributed by atoms with Gasteiger partial charge in [-0.1, -0.05) is 11.6 Å². The molecule has 0 bridgehead atoms. The number of aromatic nitrogens is 4. The number of rotatable bonds is 7. The third-order valence-corrected chi connectivity index (χ3v) is 3.85. The lowest BCUT2D eigenvalue weighted by Gasteiger charge is -2.13. The molecule has 1 aliphatic rings. The van der Waals surface area contributed by atoms with Crippen molar-refractivity contribution >= 4 is 22.9 Å². The molecule has 2 aromatic heterocycles. The Morgan fingerprint density at radius 3 is 2.78 bits per heavy atom. The molecule has 0 aliphatic heterocycles. The summed E-state index contributed by atoms with van der Waals surface area (Å²) in [5.74, 6) is 1.13. The van der Waals surface area contributed by atoms with Crippen LogP contribution in [-0.4, -0.2) is 44.7 Å². The van der Waals surface area contributed by atoms with Crippen molar-refractivity contribution in [2.75, 3.05) is 30.3 Å². The van der Waals surface area contributed by atoms with E-state index in [0.717, 1.165) is 13.0 Å². The topological polar surface area (TPSA) is 95.8 Å². The SMILES string of the molecule is OCCNc1nc(NCCC2=CCCCC2)nc2nccnc12. The van der Waals surface area contributed by atoms with Gasteiger partial charge in [0.2, 0.25) is 5.95 Å². The predicted molar refractivity (Wildman–Crippen MR) is 90.4 cm³/mol. The molecule has 3 N–H and O–H groups in total. The maximum absolute atomic E-state index is 8.99. The zero-order valence-electron chi connectivity index (χ0n) is 13.1. The van der Waals surface area contributed by atoms with Crippen LogP contribution < -0.4 is 10.6 Å². The fraction of sp³-hybridized carbons (Fsp3) is 0.500. The van der Waals surface area contributed by atoms with Gasteiger partial charge in [0, 0.05) is 25.5 Å². The number of anilines is 2. The lowest BCUT2D eigenvalue weighted by molar-refractivity contribution is 0.311. The van der Waals surface area contributed by atoms with E-state index in [2.05, 4.69) is 36.6 Å². The Morgan fingerprint density at radius 1 is 1.04 bits per heavy atom. The smallest absolute Gasteiger partial charge is 0.226 e. The van der Waals surface area contributed by atoms with Crippen LogP contribution in [0.15, 0.2) is 24.0 Å². The van der Waals surface area contributed by atoms with Crippen LogP contribution in [0.5, 0.6) is 0 Å². The highest BCUT2D eigenvalue weighted by Crippen LogP contribution is 2.21. The van der Waals surface area contributed by atoms with E-state index in [0.29, 0.717) is 29.5 Å². The Bertz CT molecular complexity index is 687. The molecule has 0 atom stereocenters. The first kappa shape index (κ1) is 15.6. The molecule has 122 valence electrons. The van der Waals surface area contributed by atoms with Crippen molar-refractivity contribution in [1.29, 1.82) is 0 Å². The third-order valence-electron chi connectivity index (χ3n) is 3.85. The number of allylic oxidation sites excluding steroid dienone is 1. The maximum Gasteiger partial charge on any atom is 0.226 e. The Morgan fingerprint density at radius 2 is 1.96 bits per heavy atom. The van der Waals surface area contributed by atoms with Gasteiger partial charge in [0.25, 0.3) is 0 Å². The number of fused-ring (bicyclic) bond motifs is 1. The summed E-state index contributed by atoms with van der Waals surface area (Å²) >= 11 is 0. The molecule has 0 spiro atoms. The average Bonchev–Trinajstić information content (AvgIpc) is 2.60. The lowest BCUT2D eigenvalue weighted by atomic mass is 9.97. The molecule has 3 rings (SSSR count). The molecule has 23 heavy (non-hydrogen) atoms. The molecular formula is C16H22N6O. The van der Waals surface area contributed by atoms with Gasteiger partial charge in [-0.3, -0.25) is 0 Å². The molecule has 0 fully saturated rings. The Hall–Kier alpha value is -2.28. The molecule has 0 saturated carbocycles. The first-order chi connectivity index (χ1) is 11.4. The standard InChI is InChI=1S/C16H22N6O/c23-11-10-19-15-13-14(18-9-8-17-13)21-16(22-15)20-7-6-12-4-2-1-3-5-12/h4,8-9,23H,1-3,5-7,10-11H2,(H2,18,19,20,21,22). The van der Waals surface area contributed by atoms with Crippen molar-refractivity contribution in [3.63, 3.8) is 0 Å². The van der Waals surface area contributed by atoms with E-state index < -0.39 is 0 Å². The van der Waals surface area contributed by atoms with Gasteiger partial charge in [-0.15, -0.1) is 0 Å². The van der Waals surface area contributed by atoms with E-state index in [-0.39, 0.29) is 6.61 Å². The van der Waals surface area contributed by atoms with Crippen molar-refractivity contribution in [2.45, 2.75) is 32.1 Å². The number of hydrogen-bond acceptors (Lipinski definition) is 7. The number of aliphatic hydroxyl groups excluding tert-OH is 1. The highest BCUT2D eigenvalue weighted by Gasteiger charge is 2.10. The zero-order chi connectivity index (χ0) is 15.9. The molecule has 0 radical (unpaired) electrons. The van der Waals surface area contributed by atoms with Crippen molar-refractivity contribution in [3.05, 3.63) is 24.0 Å². The van der Waals surface area contributed by atoms with Gasteiger partial charge in [-0.2, -0.15) is 9.97 Å². The minimum absolute atomic E-state index is 0.0304. The second-order valence-electron chi connectivity index (χ2n) is 5.56. The van der Waals surface area contributed by atoms with Crippen molar-refractivity contribution in [1.82, 2.24) is 19.9 Å². The second kappa shape index (κ2) is 7.82. The Balaban J connectivity index is 1.70. The lowest BCUT2D eigenvalue weighted by Crippen LogP contribution is -2.12. The van der Waals surface area contributed by atoms with Crippen LogP contribution in [0.3, 0.4) is 0 Å². The molecule has 2 aromatic rings. The number of aliphatic hydroxyl groups is 1. The van der Waals surface area contributed by atoms with Crippen LogP contribution >= 0.6 is 0 Å². The first-order valence-electron chi connectivity index (χ1n) is 8.12. The average molecular weight is 314 g/mol. The molecule has 0 aromatic carbocycles. The van der Waals surface area contributed by atoms with E-state index >= 15 is 0 Å². The van der Waals surface area contributed by atoms with Gasteiger partial charge < -0.3 is 15.7 Å². The van der Waals surface area contributed by atoms with E-state index in [9.17, 15) is 0 Å². The van der Waals surface area contributed by atoms with Crippen LogP contribution in [0.4, 0.5) is 11.8 Å². The van der Waals surface area contributed by atoms with Gasteiger partial charge in [-0.25, -0.2) is 9.97 Å². The second-order valence-corrected chi connectivity index (χ2v) is 5.56. The van der Waals surface area contributed by atoms with E-state index in [1.807, 2.05) is 0 Å². The van der Waals surface area contributed by atoms with Crippen molar-refractivity contribution in [2.24, 2.45) is 0 Å². The molecule has 0 unspecified atom stereocenters. The highest BCUT2D eigenvalue weighted by molar-refractivity contribution is 5.83. The molecule has 7 nitrogen and oxygen atoms in total. The summed E-state index contributed by atoms with van der Waals surface area (Å²) < 4.78 is 0. The summed E-state index contributed by atoms with van der Waals surface area (Å²) in [6.45, 7) is 1.24. The number of hydrogen-bond donors (Lipinski definition) is 3. The molecule has 0 saturated heterocycles. The fourth-order valence-electron chi connectivity index (χ4n) is 2.71. The fourth-order valence-corrected chi connectivity index (χ4v) is 2.71. The quantitative estimate of drug-likeness (QED) is 0.674. The van der Waals surface area contributed by atoms with E-state index in [1.54, 1.807) is 12.4 Å². The Kier molecular flexibility index (Phi) is 5.31. The normalized spacial score (nSPS) is 14.6.